The molecule has 0 amide bonds. The van der Waals surface area contributed by atoms with Crippen molar-refractivity contribution in [1.82, 2.24) is 0 Å². The van der Waals surface area contributed by atoms with Crippen LogP contribution in [0.5, 0.6) is 0 Å². The molecule has 0 atom stereocenters. The Kier molecular flexibility index (Phi) is 6.79. The molecule has 1 aliphatic carbocycles. The highest BCUT2D eigenvalue weighted by Gasteiger charge is 2.44. The predicted molar refractivity (Wildman–Crippen MR) is 160 cm³/mol. The third-order valence-electron chi connectivity index (χ3n) is 8.32. The van der Waals surface area contributed by atoms with Crippen molar-refractivity contribution >= 4 is 40.3 Å². The maximum absolute atomic E-state index is 6.36. The third kappa shape index (κ3) is 4.43. The normalized spacial score (nSPS) is 21.9. The van der Waals surface area contributed by atoms with Crippen molar-refractivity contribution in [2.24, 2.45) is 0 Å². The van der Waals surface area contributed by atoms with Gasteiger partial charge in [0.15, 0.2) is 5.71 Å². The molecule has 0 bridgehead atoms. The fourth-order valence-electron chi connectivity index (χ4n) is 6.28. The molecule has 37 heavy (non-hydrogen) atoms. The van der Waals surface area contributed by atoms with Crippen LogP contribution >= 0.6 is 23.2 Å². The standard InChI is InChI=1S/C33H37Cl2N2/c1-7-36-28-15-13-24(34)20-26(28)32(3,4)30(36)17-11-22-9-10-23(19-22)12-18-31-33(5,6)27-21-25(35)14-16-29(27)37(31)8-2/h11-21H,7-10H2,1-6H3/q+1. The second-order valence-corrected chi connectivity index (χ2v) is 12.2. The van der Waals surface area contributed by atoms with Gasteiger partial charge in [-0.05, 0) is 93.7 Å². The smallest absolute Gasteiger partial charge is 0.209 e. The van der Waals surface area contributed by atoms with Crippen LogP contribution in [0.15, 0.2) is 83.6 Å². The summed E-state index contributed by atoms with van der Waals surface area (Å²) < 4.78 is 2.42. The summed E-state index contributed by atoms with van der Waals surface area (Å²) in [6.07, 6.45) is 13.8. The van der Waals surface area contributed by atoms with Gasteiger partial charge in [0.25, 0.3) is 0 Å². The van der Waals surface area contributed by atoms with Crippen LogP contribution in [0.2, 0.25) is 10.0 Å². The topological polar surface area (TPSA) is 6.25 Å². The van der Waals surface area contributed by atoms with Gasteiger partial charge in [0.05, 0.1) is 5.41 Å². The average Bonchev–Trinajstić information content (AvgIpc) is 3.46. The van der Waals surface area contributed by atoms with E-state index in [0.717, 1.165) is 36.0 Å². The second kappa shape index (κ2) is 9.64. The number of benzene rings is 2. The van der Waals surface area contributed by atoms with Crippen LogP contribution in [0.4, 0.5) is 11.4 Å². The van der Waals surface area contributed by atoms with Gasteiger partial charge in [-0.15, -0.1) is 0 Å². The first-order chi connectivity index (χ1) is 17.6. The zero-order valence-corrected chi connectivity index (χ0v) is 24.3. The van der Waals surface area contributed by atoms with Gasteiger partial charge in [0, 0.05) is 51.1 Å². The number of nitrogens with zero attached hydrogens (tertiary/aromatic N) is 2. The molecular formula is C33H37Cl2N2+. The zero-order chi connectivity index (χ0) is 26.5. The number of hydrogen-bond donors (Lipinski definition) is 0. The lowest BCUT2D eigenvalue weighted by atomic mass is 9.81. The Bertz CT molecular complexity index is 1420. The lowest BCUT2D eigenvalue weighted by Gasteiger charge is -2.25. The minimum Gasteiger partial charge on any atom is -0.344 e. The molecule has 0 saturated heterocycles. The van der Waals surface area contributed by atoms with Crippen LogP contribution in [-0.2, 0) is 10.8 Å². The van der Waals surface area contributed by atoms with E-state index in [4.69, 9.17) is 23.2 Å². The Morgan fingerprint density at radius 3 is 2.27 bits per heavy atom. The van der Waals surface area contributed by atoms with Gasteiger partial charge in [0.1, 0.15) is 6.54 Å². The van der Waals surface area contributed by atoms with Crippen molar-refractivity contribution in [3.8, 4) is 0 Å². The fraction of sp³-hybridized carbons (Fsp3) is 0.364. The number of hydrogen-bond acceptors (Lipinski definition) is 1. The first-order valence-electron chi connectivity index (χ1n) is 13.4. The molecule has 2 aliphatic heterocycles. The van der Waals surface area contributed by atoms with Crippen LogP contribution in [0.1, 0.15) is 65.5 Å². The molecule has 0 unspecified atom stereocenters. The third-order valence-corrected chi connectivity index (χ3v) is 8.79. The second-order valence-electron chi connectivity index (χ2n) is 11.3. The summed E-state index contributed by atoms with van der Waals surface area (Å²) in [5.41, 5.74) is 10.4. The van der Waals surface area contributed by atoms with Gasteiger partial charge in [-0.3, -0.25) is 0 Å². The molecular weight excluding hydrogens is 495 g/mol. The highest BCUT2D eigenvalue weighted by Crippen LogP contribution is 2.48. The number of halogens is 2. The van der Waals surface area contributed by atoms with Gasteiger partial charge < -0.3 is 4.90 Å². The number of allylic oxidation sites excluding steroid dienone is 8. The molecule has 2 nitrogen and oxygen atoms in total. The van der Waals surface area contributed by atoms with E-state index in [1.54, 1.807) is 0 Å². The van der Waals surface area contributed by atoms with Crippen LogP contribution in [0.3, 0.4) is 0 Å². The molecule has 2 aromatic rings. The number of anilines is 1. The Labute approximate surface area is 232 Å². The van der Waals surface area contributed by atoms with Crippen molar-refractivity contribution in [2.45, 2.75) is 65.2 Å². The molecule has 4 heteroatoms. The molecule has 192 valence electrons. The van der Waals surface area contributed by atoms with Gasteiger partial charge in [-0.2, -0.15) is 4.58 Å². The summed E-state index contributed by atoms with van der Waals surface area (Å²) in [5.74, 6) is 0. The monoisotopic (exact) mass is 531 g/mol. The lowest BCUT2D eigenvalue weighted by molar-refractivity contribution is -0.433. The average molecular weight is 533 g/mol. The molecule has 0 N–H and O–H groups in total. The molecule has 2 aromatic carbocycles. The molecule has 3 aliphatic rings. The summed E-state index contributed by atoms with van der Waals surface area (Å²) in [6, 6.07) is 12.6. The number of fused-ring (bicyclic) bond motifs is 2. The number of rotatable bonds is 5. The highest BCUT2D eigenvalue weighted by atomic mass is 35.5. The molecule has 0 aromatic heterocycles. The molecule has 0 saturated carbocycles. The Hall–Kier alpha value is -2.55. The summed E-state index contributed by atoms with van der Waals surface area (Å²) in [6.45, 7) is 15.5. The Morgan fingerprint density at radius 2 is 1.57 bits per heavy atom. The SMILES string of the molecule is CCN1/C(=C/C=C2C=C(/C=C/C3=[N+](CC)c4ccc(Cl)cc4C3(C)C)CC/2)C(C)(C)c2cc(Cl)ccc21. The van der Waals surface area contributed by atoms with E-state index in [9.17, 15) is 0 Å². The minimum atomic E-state index is -0.0788. The van der Waals surface area contributed by atoms with Crippen LogP contribution < -0.4 is 4.90 Å². The summed E-state index contributed by atoms with van der Waals surface area (Å²) in [4.78, 5) is 2.42. The van der Waals surface area contributed by atoms with Crippen molar-refractivity contribution < 1.29 is 4.58 Å². The maximum Gasteiger partial charge on any atom is 0.209 e. The van der Waals surface area contributed by atoms with E-state index in [0.29, 0.717) is 0 Å². The summed E-state index contributed by atoms with van der Waals surface area (Å²) >= 11 is 12.7. The van der Waals surface area contributed by atoms with Gasteiger partial charge in [-0.25, -0.2) is 0 Å². The Balaban J connectivity index is 1.41. The lowest BCUT2D eigenvalue weighted by Crippen LogP contribution is -2.27. The summed E-state index contributed by atoms with van der Waals surface area (Å²) in [5, 5.41) is 1.60. The van der Waals surface area contributed by atoms with E-state index < -0.39 is 0 Å². The van der Waals surface area contributed by atoms with Crippen molar-refractivity contribution in [1.29, 1.82) is 0 Å². The summed E-state index contributed by atoms with van der Waals surface area (Å²) in [7, 11) is 0. The molecule has 5 rings (SSSR count). The van der Waals surface area contributed by atoms with Crippen LogP contribution in [0, 0.1) is 0 Å². The first kappa shape index (κ1) is 26.1. The maximum atomic E-state index is 6.36. The van der Waals surface area contributed by atoms with Crippen molar-refractivity contribution in [3.05, 3.63) is 105 Å². The predicted octanol–water partition coefficient (Wildman–Crippen LogP) is 9.29. The first-order valence-corrected chi connectivity index (χ1v) is 14.2. The van der Waals surface area contributed by atoms with E-state index >= 15 is 0 Å². The zero-order valence-electron chi connectivity index (χ0n) is 22.8. The van der Waals surface area contributed by atoms with Crippen molar-refractivity contribution in [2.75, 3.05) is 18.0 Å². The highest BCUT2D eigenvalue weighted by molar-refractivity contribution is 6.31. The van der Waals surface area contributed by atoms with Crippen LogP contribution in [-0.4, -0.2) is 23.4 Å². The van der Waals surface area contributed by atoms with E-state index in [2.05, 4.69) is 106 Å². The van der Waals surface area contributed by atoms with Gasteiger partial charge in [-0.1, -0.05) is 55.3 Å². The fourth-order valence-corrected chi connectivity index (χ4v) is 6.63. The quantitative estimate of drug-likeness (QED) is 0.348. The van der Waals surface area contributed by atoms with Gasteiger partial charge >= 0.3 is 0 Å². The molecule has 0 fully saturated rings. The minimum absolute atomic E-state index is 0.0788. The molecule has 0 spiro atoms. The molecule has 0 radical (unpaired) electrons. The largest absolute Gasteiger partial charge is 0.344 e. The molecule has 2 heterocycles. The van der Waals surface area contributed by atoms with Gasteiger partial charge in [0.2, 0.25) is 5.69 Å². The Morgan fingerprint density at radius 1 is 0.865 bits per heavy atom. The van der Waals surface area contributed by atoms with E-state index in [-0.39, 0.29) is 10.8 Å². The van der Waals surface area contributed by atoms with E-state index in [1.165, 1.54) is 45.1 Å². The van der Waals surface area contributed by atoms with E-state index in [1.807, 2.05) is 12.1 Å². The van der Waals surface area contributed by atoms with Crippen LogP contribution in [0.25, 0.3) is 0 Å². The van der Waals surface area contributed by atoms with Crippen molar-refractivity contribution in [3.63, 3.8) is 0 Å². The number of likely N-dealkylation sites (N-methyl/N-ethyl adjacent to an activating group) is 1.